The molecule has 0 spiro atoms. The Morgan fingerprint density at radius 2 is 1.90 bits per heavy atom. The minimum atomic E-state index is -1.02. The number of hydrogen-bond donors (Lipinski definition) is 2. The van der Waals surface area contributed by atoms with Crippen molar-refractivity contribution in [3.05, 3.63) is 35.9 Å². The summed E-state index contributed by atoms with van der Waals surface area (Å²) in [7, 11) is 0. The van der Waals surface area contributed by atoms with Crippen LogP contribution in [0.2, 0.25) is 0 Å². The molecule has 0 aliphatic heterocycles. The first-order valence-electron chi connectivity index (χ1n) is 7.02. The molecule has 1 aromatic carbocycles. The lowest BCUT2D eigenvalue weighted by Crippen LogP contribution is -2.47. The summed E-state index contributed by atoms with van der Waals surface area (Å²) in [5.41, 5.74) is 0.253. The molecule has 116 valence electrons. The number of aliphatic carboxylic acids is 1. The Kier molecular flexibility index (Phi) is 6.37. The van der Waals surface area contributed by atoms with Gasteiger partial charge in [0.05, 0.1) is 18.6 Å². The van der Waals surface area contributed by atoms with Crippen LogP contribution in [0.5, 0.6) is 0 Å². The van der Waals surface area contributed by atoms with Gasteiger partial charge in [0, 0.05) is 0 Å². The molecule has 0 aromatic heterocycles. The Labute approximate surface area is 125 Å². The second kappa shape index (κ2) is 7.78. The van der Waals surface area contributed by atoms with Crippen molar-refractivity contribution in [1.82, 2.24) is 5.32 Å². The summed E-state index contributed by atoms with van der Waals surface area (Å²) in [6.07, 6.45) is 0.349. The lowest BCUT2D eigenvalue weighted by molar-refractivity contribution is -0.144. The third kappa shape index (κ3) is 5.55. The van der Waals surface area contributed by atoms with Crippen molar-refractivity contribution in [3.63, 3.8) is 0 Å². The maximum Gasteiger partial charge on any atom is 0.326 e. The lowest BCUT2D eigenvalue weighted by atomic mass is 9.93. The molecule has 0 saturated heterocycles. The molecule has 1 atom stereocenters. The van der Waals surface area contributed by atoms with E-state index in [2.05, 4.69) is 5.32 Å². The summed E-state index contributed by atoms with van der Waals surface area (Å²) < 4.78 is 5.57. The van der Waals surface area contributed by atoms with Gasteiger partial charge in [-0.15, -0.1) is 0 Å². The average Bonchev–Trinajstić information content (AvgIpc) is 2.45. The van der Waals surface area contributed by atoms with Gasteiger partial charge < -0.3 is 15.2 Å². The minimum absolute atomic E-state index is 0.226. The van der Waals surface area contributed by atoms with Gasteiger partial charge in [-0.2, -0.15) is 0 Å². The van der Waals surface area contributed by atoms with E-state index < -0.39 is 17.4 Å². The van der Waals surface area contributed by atoms with E-state index >= 15 is 0 Å². The molecular weight excluding hydrogens is 270 g/mol. The smallest absolute Gasteiger partial charge is 0.326 e. The monoisotopic (exact) mass is 293 g/mol. The van der Waals surface area contributed by atoms with Crippen molar-refractivity contribution in [2.75, 3.05) is 6.61 Å². The third-order valence-electron chi connectivity index (χ3n) is 3.20. The molecule has 1 aromatic rings. The molecule has 0 fully saturated rings. The molecule has 0 saturated carbocycles. The Morgan fingerprint density at radius 1 is 1.29 bits per heavy atom. The van der Waals surface area contributed by atoms with Crippen LogP contribution in [0.15, 0.2) is 30.3 Å². The normalized spacial score (nSPS) is 12.7. The van der Waals surface area contributed by atoms with Crippen LogP contribution in [0.25, 0.3) is 0 Å². The van der Waals surface area contributed by atoms with Gasteiger partial charge in [-0.05, 0) is 25.8 Å². The summed E-state index contributed by atoms with van der Waals surface area (Å²) in [6.45, 7) is 5.85. The van der Waals surface area contributed by atoms with Crippen molar-refractivity contribution >= 4 is 11.9 Å². The van der Waals surface area contributed by atoms with Crippen LogP contribution in [0.4, 0.5) is 0 Å². The molecular formula is C16H23NO4. The largest absolute Gasteiger partial charge is 0.480 e. The zero-order valence-corrected chi connectivity index (χ0v) is 12.8. The van der Waals surface area contributed by atoms with Crippen LogP contribution in [-0.4, -0.2) is 29.6 Å². The summed E-state index contributed by atoms with van der Waals surface area (Å²) in [4.78, 5) is 23.1. The van der Waals surface area contributed by atoms with E-state index in [0.29, 0.717) is 13.0 Å². The number of amides is 1. The summed E-state index contributed by atoms with van der Waals surface area (Å²) in [6, 6.07) is 8.82. The summed E-state index contributed by atoms with van der Waals surface area (Å²) in [5, 5.41) is 11.5. The highest BCUT2D eigenvalue weighted by atomic mass is 16.5. The predicted octanol–water partition coefficient (Wildman–Crippen LogP) is 2.21. The van der Waals surface area contributed by atoms with E-state index in [9.17, 15) is 9.59 Å². The molecule has 2 N–H and O–H groups in total. The first-order valence-corrected chi connectivity index (χ1v) is 7.02. The van der Waals surface area contributed by atoms with Gasteiger partial charge in [-0.25, -0.2) is 4.79 Å². The Bertz CT molecular complexity index is 470. The number of benzene rings is 1. The predicted molar refractivity (Wildman–Crippen MR) is 79.7 cm³/mol. The van der Waals surface area contributed by atoms with Crippen LogP contribution < -0.4 is 5.32 Å². The average molecular weight is 293 g/mol. The van der Waals surface area contributed by atoms with Crippen LogP contribution in [0, 0.1) is 5.41 Å². The van der Waals surface area contributed by atoms with E-state index in [1.54, 1.807) is 20.8 Å². The molecule has 0 radical (unpaired) electrons. The highest BCUT2D eigenvalue weighted by Gasteiger charge is 2.31. The number of carboxylic acids is 1. The zero-order chi connectivity index (χ0) is 15.9. The second-order valence-electron chi connectivity index (χ2n) is 5.63. The van der Waals surface area contributed by atoms with E-state index in [0.717, 1.165) is 5.56 Å². The molecule has 0 aliphatic carbocycles. The number of ether oxygens (including phenoxy) is 1. The molecule has 0 bridgehead atoms. The fourth-order valence-corrected chi connectivity index (χ4v) is 1.76. The molecule has 1 rings (SSSR count). The fraction of sp³-hybridized carbons (Fsp3) is 0.500. The Morgan fingerprint density at radius 3 is 2.43 bits per heavy atom. The van der Waals surface area contributed by atoms with Gasteiger partial charge in [-0.3, -0.25) is 4.79 Å². The zero-order valence-electron chi connectivity index (χ0n) is 12.8. The van der Waals surface area contributed by atoms with Gasteiger partial charge in [0.1, 0.15) is 6.04 Å². The van der Waals surface area contributed by atoms with Crippen LogP contribution >= 0.6 is 0 Å². The van der Waals surface area contributed by atoms with Crippen LogP contribution in [0.1, 0.15) is 32.8 Å². The molecule has 1 amide bonds. The maximum atomic E-state index is 12.1. The molecule has 1 unspecified atom stereocenters. The lowest BCUT2D eigenvalue weighted by Gasteiger charge is -2.25. The quantitative estimate of drug-likeness (QED) is 0.770. The molecule has 21 heavy (non-hydrogen) atoms. The van der Waals surface area contributed by atoms with Gasteiger partial charge in [0.2, 0.25) is 5.91 Å². The summed E-state index contributed by atoms with van der Waals surface area (Å²) in [5.74, 6) is -1.34. The number of carbonyl (C=O) groups excluding carboxylic acids is 1. The van der Waals surface area contributed by atoms with Gasteiger partial charge >= 0.3 is 5.97 Å². The number of nitrogens with one attached hydrogen (secondary N) is 1. The molecule has 5 nitrogen and oxygen atoms in total. The first kappa shape index (κ1) is 17.2. The van der Waals surface area contributed by atoms with Crippen molar-refractivity contribution in [2.24, 2.45) is 5.41 Å². The van der Waals surface area contributed by atoms with Gasteiger partial charge in [0.25, 0.3) is 0 Å². The van der Waals surface area contributed by atoms with E-state index in [-0.39, 0.29) is 12.5 Å². The number of rotatable bonds is 8. The van der Waals surface area contributed by atoms with Crippen molar-refractivity contribution < 1.29 is 19.4 Å². The van der Waals surface area contributed by atoms with Crippen molar-refractivity contribution in [2.45, 2.75) is 39.8 Å². The highest BCUT2D eigenvalue weighted by Crippen LogP contribution is 2.17. The van der Waals surface area contributed by atoms with E-state index in [1.807, 2.05) is 30.3 Å². The van der Waals surface area contributed by atoms with Crippen molar-refractivity contribution in [3.8, 4) is 0 Å². The number of carboxylic acid groups (broad SMARTS) is 1. The molecule has 0 heterocycles. The third-order valence-corrected chi connectivity index (χ3v) is 3.20. The summed E-state index contributed by atoms with van der Waals surface area (Å²) >= 11 is 0. The minimum Gasteiger partial charge on any atom is -0.480 e. The molecule has 0 aliphatic rings. The first-order chi connectivity index (χ1) is 9.86. The number of hydrogen-bond acceptors (Lipinski definition) is 3. The van der Waals surface area contributed by atoms with Crippen LogP contribution in [-0.2, 0) is 20.9 Å². The topological polar surface area (TPSA) is 75.6 Å². The molecule has 5 heteroatoms. The SMILES string of the molecule is CCC(NC(=O)C(C)(C)COCc1ccccc1)C(=O)O. The Hall–Kier alpha value is -1.88. The fourth-order valence-electron chi connectivity index (χ4n) is 1.76. The van der Waals surface area contributed by atoms with Gasteiger partial charge in [-0.1, -0.05) is 37.3 Å². The second-order valence-corrected chi connectivity index (χ2v) is 5.63. The highest BCUT2D eigenvalue weighted by molar-refractivity contribution is 5.87. The van der Waals surface area contributed by atoms with Crippen LogP contribution in [0.3, 0.4) is 0 Å². The van der Waals surface area contributed by atoms with Crippen molar-refractivity contribution in [1.29, 1.82) is 0 Å². The maximum absolute atomic E-state index is 12.1. The standard InChI is InChI=1S/C16H23NO4/c1-4-13(14(18)19)17-15(20)16(2,3)11-21-10-12-8-6-5-7-9-12/h5-9,13H,4,10-11H2,1-3H3,(H,17,20)(H,18,19). The van der Waals surface area contributed by atoms with E-state index in [1.165, 1.54) is 0 Å². The Balaban J connectivity index is 2.48. The van der Waals surface area contributed by atoms with E-state index in [4.69, 9.17) is 9.84 Å². The number of carbonyl (C=O) groups is 2. The van der Waals surface area contributed by atoms with Gasteiger partial charge in [0.15, 0.2) is 0 Å².